The van der Waals surface area contributed by atoms with E-state index in [-0.39, 0.29) is 38.6 Å². The standard InChI is InChI=1S/C16H18Cl2N2O4S/c1-10(2)9-24-16-8-19-11(5-15(16)21)7-20-25(22,23)12-3-4-13(17)14(18)6-12/h3-6,8,10,20H,7,9H2,1-2H3,(H,19,21). The van der Waals surface area contributed by atoms with Crippen molar-refractivity contribution in [1.29, 1.82) is 0 Å². The minimum absolute atomic E-state index is 0.0128. The largest absolute Gasteiger partial charge is 0.488 e. The van der Waals surface area contributed by atoms with Crippen LogP contribution in [0.3, 0.4) is 0 Å². The first-order valence-corrected chi connectivity index (χ1v) is 9.72. The fourth-order valence-electron chi connectivity index (χ4n) is 1.87. The van der Waals surface area contributed by atoms with Crippen LogP contribution in [0.25, 0.3) is 0 Å². The van der Waals surface area contributed by atoms with Crippen molar-refractivity contribution in [2.45, 2.75) is 25.3 Å². The number of H-pyrrole nitrogens is 1. The Bertz CT molecular complexity index is 911. The zero-order chi connectivity index (χ0) is 18.6. The number of ether oxygens (including phenoxy) is 1. The molecule has 0 unspecified atom stereocenters. The summed E-state index contributed by atoms with van der Waals surface area (Å²) in [5, 5.41) is 0.409. The highest BCUT2D eigenvalue weighted by Gasteiger charge is 2.15. The Labute approximate surface area is 156 Å². The summed E-state index contributed by atoms with van der Waals surface area (Å²) in [5.74, 6) is 0.488. The summed E-state index contributed by atoms with van der Waals surface area (Å²) < 4.78 is 32.3. The highest BCUT2D eigenvalue weighted by Crippen LogP contribution is 2.24. The second-order valence-electron chi connectivity index (χ2n) is 5.79. The maximum Gasteiger partial charge on any atom is 0.240 e. The van der Waals surface area contributed by atoms with Crippen LogP contribution < -0.4 is 14.9 Å². The van der Waals surface area contributed by atoms with Gasteiger partial charge in [-0.05, 0) is 24.1 Å². The topological polar surface area (TPSA) is 88.3 Å². The van der Waals surface area contributed by atoms with Crippen LogP contribution in [0, 0.1) is 5.92 Å². The third-order valence-electron chi connectivity index (χ3n) is 3.16. The molecule has 2 rings (SSSR count). The Kier molecular flexibility index (Phi) is 6.51. The van der Waals surface area contributed by atoms with Crippen LogP contribution in [0.1, 0.15) is 19.5 Å². The highest BCUT2D eigenvalue weighted by atomic mass is 35.5. The third-order valence-corrected chi connectivity index (χ3v) is 5.30. The molecule has 1 heterocycles. The molecule has 0 fully saturated rings. The number of sulfonamides is 1. The second kappa shape index (κ2) is 8.23. The molecule has 0 aliphatic rings. The van der Waals surface area contributed by atoms with E-state index in [9.17, 15) is 13.2 Å². The van der Waals surface area contributed by atoms with Crippen LogP contribution in [0.15, 0.2) is 40.2 Å². The van der Waals surface area contributed by atoms with Gasteiger partial charge in [0.25, 0.3) is 0 Å². The molecular weight excluding hydrogens is 387 g/mol. The molecule has 0 radical (unpaired) electrons. The molecule has 1 aromatic heterocycles. The summed E-state index contributed by atoms with van der Waals surface area (Å²) in [7, 11) is -3.79. The highest BCUT2D eigenvalue weighted by molar-refractivity contribution is 7.89. The summed E-state index contributed by atoms with van der Waals surface area (Å²) in [6.07, 6.45) is 1.42. The number of aromatic amines is 1. The molecule has 136 valence electrons. The van der Waals surface area contributed by atoms with E-state index in [0.29, 0.717) is 12.3 Å². The molecule has 2 N–H and O–H groups in total. The Balaban J connectivity index is 2.08. The summed E-state index contributed by atoms with van der Waals surface area (Å²) in [4.78, 5) is 14.8. The van der Waals surface area contributed by atoms with Gasteiger partial charge in [0, 0.05) is 18.0 Å². The predicted octanol–water partition coefficient (Wildman–Crippen LogP) is 3.20. The first-order chi connectivity index (χ1) is 11.7. The van der Waals surface area contributed by atoms with Gasteiger partial charge >= 0.3 is 0 Å². The van der Waals surface area contributed by atoms with Crippen LogP contribution in [0.4, 0.5) is 0 Å². The van der Waals surface area contributed by atoms with Gasteiger partial charge in [-0.2, -0.15) is 0 Å². The van der Waals surface area contributed by atoms with Gasteiger partial charge in [-0.1, -0.05) is 37.0 Å². The number of benzene rings is 1. The predicted molar refractivity (Wildman–Crippen MR) is 97.9 cm³/mol. The first kappa shape index (κ1) is 19.8. The maximum absolute atomic E-state index is 12.3. The lowest BCUT2D eigenvalue weighted by molar-refractivity contribution is 0.267. The Morgan fingerprint density at radius 2 is 1.92 bits per heavy atom. The van der Waals surface area contributed by atoms with Crippen molar-refractivity contribution in [3.63, 3.8) is 0 Å². The van der Waals surface area contributed by atoms with Crippen molar-refractivity contribution in [1.82, 2.24) is 9.71 Å². The van der Waals surface area contributed by atoms with E-state index >= 15 is 0 Å². The summed E-state index contributed by atoms with van der Waals surface area (Å²) in [6.45, 7) is 4.29. The molecule has 0 spiro atoms. The van der Waals surface area contributed by atoms with Crippen molar-refractivity contribution in [3.05, 3.63) is 56.4 Å². The molecule has 0 atom stereocenters. The molecule has 2 aromatic rings. The summed E-state index contributed by atoms with van der Waals surface area (Å²) in [6, 6.07) is 5.31. The lowest BCUT2D eigenvalue weighted by Crippen LogP contribution is -2.24. The van der Waals surface area contributed by atoms with Gasteiger partial charge in [0.05, 0.1) is 28.1 Å². The van der Waals surface area contributed by atoms with Gasteiger partial charge in [0.1, 0.15) is 0 Å². The average molecular weight is 405 g/mol. The lowest BCUT2D eigenvalue weighted by Gasteiger charge is -2.10. The molecule has 0 saturated heterocycles. The normalized spacial score (nSPS) is 11.7. The number of rotatable bonds is 7. The minimum Gasteiger partial charge on any atom is -0.488 e. The zero-order valence-corrected chi connectivity index (χ0v) is 16.0. The Hall–Kier alpha value is -1.54. The Morgan fingerprint density at radius 1 is 1.20 bits per heavy atom. The van der Waals surface area contributed by atoms with E-state index < -0.39 is 10.0 Å². The van der Waals surface area contributed by atoms with Crippen molar-refractivity contribution < 1.29 is 13.2 Å². The van der Waals surface area contributed by atoms with E-state index in [4.69, 9.17) is 27.9 Å². The zero-order valence-electron chi connectivity index (χ0n) is 13.7. The average Bonchev–Trinajstić information content (AvgIpc) is 2.54. The number of nitrogens with one attached hydrogen (secondary N) is 2. The lowest BCUT2D eigenvalue weighted by atomic mass is 10.2. The van der Waals surface area contributed by atoms with Crippen LogP contribution in [-0.4, -0.2) is 20.0 Å². The van der Waals surface area contributed by atoms with Crippen molar-refractivity contribution in [3.8, 4) is 5.75 Å². The third kappa shape index (κ3) is 5.47. The van der Waals surface area contributed by atoms with Crippen LogP contribution in [0.5, 0.6) is 5.75 Å². The van der Waals surface area contributed by atoms with Crippen LogP contribution in [0.2, 0.25) is 10.0 Å². The molecule has 0 bridgehead atoms. The quantitative estimate of drug-likeness (QED) is 0.741. The SMILES string of the molecule is CC(C)COc1c[nH]c(CNS(=O)(=O)c2ccc(Cl)c(Cl)c2)cc1=O. The van der Waals surface area contributed by atoms with Gasteiger partial charge in [-0.15, -0.1) is 0 Å². The van der Waals surface area contributed by atoms with Gasteiger partial charge in [-0.3, -0.25) is 4.79 Å². The second-order valence-corrected chi connectivity index (χ2v) is 8.37. The van der Waals surface area contributed by atoms with Crippen LogP contribution in [-0.2, 0) is 16.6 Å². The van der Waals surface area contributed by atoms with E-state index in [1.54, 1.807) is 0 Å². The molecular formula is C16H18Cl2N2O4S. The molecule has 0 saturated carbocycles. The molecule has 25 heavy (non-hydrogen) atoms. The van der Waals surface area contributed by atoms with E-state index in [1.807, 2.05) is 13.8 Å². The Morgan fingerprint density at radius 3 is 2.52 bits per heavy atom. The van der Waals surface area contributed by atoms with Gasteiger partial charge < -0.3 is 9.72 Å². The number of halogens is 2. The molecule has 1 aromatic carbocycles. The van der Waals surface area contributed by atoms with Crippen molar-refractivity contribution >= 4 is 33.2 Å². The van der Waals surface area contributed by atoms with E-state index in [1.165, 1.54) is 30.5 Å². The van der Waals surface area contributed by atoms with Crippen LogP contribution >= 0.6 is 23.2 Å². The molecule has 0 amide bonds. The number of aromatic nitrogens is 1. The number of pyridine rings is 1. The van der Waals surface area contributed by atoms with Crippen molar-refractivity contribution in [2.24, 2.45) is 5.92 Å². The fraction of sp³-hybridized carbons (Fsp3) is 0.312. The van der Waals surface area contributed by atoms with Crippen molar-refractivity contribution in [2.75, 3.05) is 6.61 Å². The van der Waals surface area contributed by atoms with E-state index in [0.717, 1.165) is 0 Å². The molecule has 9 heteroatoms. The number of hydrogen-bond donors (Lipinski definition) is 2. The van der Waals surface area contributed by atoms with Gasteiger partial charge in [-0.25, -0.2) is 13.1 Å². The monoisotopic (exact) mass is 404 g/mol. The van der Waals surface area contributed by atoms with E-state index in [2.05, 4.69) is 9.71 Å². The smallest absolute Gasteiger partial charge is 0.240 e. The molecule has 0 aliphatic heterocycles. The van der Waals surface area contributed by atoms with Gasteiger partial charge in [0.15, 0.2) is 5.75 Å². The molecule has 0 aliphatic carbocycles. The van der Waals surface area contributed by atoms with Gasteiger partial charge in [0.2, 0.25) is 15.5 Å². The number of hydrogen-bond acceptors (Lipinski definition) is 4. The fourth-order valence-corrected chi connectivity index (χ4v) is 3.27. The maximum atomic E-state index is 12.3. The first-order valence-electron chi connectivity index (χ1n) is 7.48. The minimum atomic E-state index is -3.79. The summed E-state index contributed by atoms with van der Waals surface area (Å²) in [5.41, 5.74) is 0.0914. The molecule has 6 nitrogen and oxygen atoms in total. The summed E-state index contributed by atoms with van der Waals surface area (Å²) >= 11 is 11.6.